The fourth-order valence-corrected chi connectivity index (χ4v) is 4.90. The van der Waals surface area contributed by atoms with Gasteiger partial charge in [-0.1, -0.05) is 30.7 Å². The molecule has 0 radical (unpaired) electrons. The summed E-state index contributed by atoms with van der Waals surface area (Å²) in [5.41, 5.74) is 3.16. The van der Waals surface area contributed by atoms with E-state index in [0.29, 0.717) is 6.04 Å². The third-order valence-corrected chi connectivity index (χ3v) is 5.98. The van der Waals surface area contributed by atoms with E-state index in [4.69, 9.17) is 0 Å². The van der Waals surface area contributed by atoms with Crippen molar-refractivity contribution in [2.45, 2.75) is 69.5 Å². The van der Waals surface area contributed by atoms with Crippen molar-refractivity contribution >= 4 is 0 Å². The van der Waals surface area contributed by atoms with Crippen molar-refractivity contribution in [3.05, 3.63) is 35.4 Å². The number of rotatable bonds is 3. The number of aryl methyl sites for hydroxylation is 1. The summed E-state index contributed by atoms with van der Waals surface area (Å²) in [7, 11) is 0. The Balaban J connectivity index is 1.39. The Labute approximate surface area is 128 Å². The second-order valence-electron chi connectivity index (χ2n) is 7.28. The third-order valence-electron chi connectivity index (χ3n) is 5.98. The molecule has 114 valence electrons. The van der Waals surface area contributed by atoms with Crippen LogP contribution in [0.25, 0.3) is 0 Å². The lowest BCUT2D eigenvalue weighted by molar-refractivity contribution is 0.287. The topological polar surface area (TPSA) is 24.1 Å². The van der Waals surface area contributed by atoms with E-state index in [2.05, 4.69) is 34.9 Å². The van der Waals surface area contributed by atoms with Crippen LogP contribution in [0, 0.1) is 5.92 Å². The molecular formula is C19H28N2. The van der Waals surface area contributed by atoms with Crippen LogP contribution in [0.5, 0.6) is 0 Å². The molecule has 3 aliphatic rings. The Morgan fingerprint density at radius 1 is 0.952 bits per heavy atom. The highest BCUT2D eigenvalue weighted by molar-refractivity contribution is 5.30. The number of hydrogen-bond donors (Lipinski definition) is 2. The van der Waals surface area contributed by atoms with Gasteiger partial charge in [-0.3, -0.25) is 0 Å². The molecule has 21 heavy (non-hydrogen) atoms. The van der Waals surface area contributed by atoms with Gasteiger partial charge < -0.3 is 10.6 Å². The maximum atomic E-state index is 4.05. The molecular weight excluding hydrogens is 256 g/mol. The highest BCUT2D eigenvalue weighted by Gasteiger charge is 2.36. The second-order valence-corrected chi connectivity index (χ2v) is 7.28. The molecule has 1 aliphatic heterocycles. The molecule has 2 fully saturated rings. The van der Waals surface area contributed by atoms with Crippen LogP contribution in [0.4, 0.5) is 0 Å². The van der Waals surface area contributed by atoms with Gasteiger partial charge in [0, 0.05) is 18.1 Å². The summed E-state index contributed by atoms with van der Waals surface area (Å²) in [5.74, 6) is 0.879. The van der Waals surface area contributed by atoms with Crippen molar-refractivity contribution in [2.75, 3.05) is 6.54 Å². The first kappa shape index (κ1) is 13.8. The first-order valence-electron chi connectivity index (χ1n) is 8.96. The first-order valence-corrected chi connectivity index (χ1v) is 8.96. The molecule has 0 amide bonds. The predicted octanol–water partition coefficient (Wildman–Crippen LogP) is 3.05. The zero-order chi connectivity index (χ0) is 14.1. The first-order chi connectivity index (χ1) is 10.4. The Bertz CT molecular complexity index is 478. The maximum Gasteiger partial charge on any atom is 0.0113 e. The van der Waals surface area contributed by atoms with Crippen LogP contribution >= 0.6 is 0 Å². The monoisotopic (exact) mass is 284 g/mol. The molecule has 2 heteroatoms. The minimum absolute atomic E-state index is 0.701. The molecule has 1 heterocycles. The van der Waals surface area contributed by atoms with Gasteiger partial charge in [-0.25, -0.2) is 0 Å². The smallest absolute Gasteiger partial charge is 0.0113 e. The number of fused-ring (bicyclic) bond motifs is 1. The molecule has 1 aromatic rings. The Hall–Kier alpha value is -0.860. The molecule has 1 saturated carbocycles. The molecule has 4 atom stereocenters. The van der Waals surface area contributed by atoms with Gasteiger partial charge >= 0.3 is 0 Å². The van der Waals surface area contributed by atoms with Crippen molar-refractivity contribution in [3.8, 4) is 0 Å². The van der Waals surface area contributed by atoms with Crippen molar-refractivity contribution in [1.29, 1.82) is 0 Å². The summed E-state index contributed by atoms with van der Waals surface area (Å²) in [4.78, 5) is 0. The Morgan fingerprint density at radius 3 is 2.71 bits per heavy atom. The van der Waals surface area contributed by atoms with Gasteiger partial charge in [-0.05, 0) is 68.5 Å². The third kappa shape index (κ3) is 2.89. The molecule has 4 unspecified atom stereocenters. The lowest BCUT2D eigenvalue weighted by atomic mass is 9.86. The van der Waals surface area contributed by atoms with Crippen LogP contribution < -0.4 is 10.6 Å². The summed E-state index contributed by atoms with van der Waals surface area (Å²) in [6, 6.07) is 11.3. The Kier molecular flexibility index (Phi) is 4.00. The summed E-state index contributed by atoms with van der Waals surface area (Å²) < 4.78 is 0. The normalized spacial score (nSPS) is 35.8. The molecule has 1 aromatic carbocycles. The van der Waals surface area contributed by atoms with Crippen LogP contribution in [-0.2, 0) is 12.8 Å². The fourth-order valence-electron chi connectivity index (χ4n) is 4.90. The minimum atomic E-state index is 0.701. The SMILES string of the molecule is c1ccc2c(c1)CCC(NC1CCCC1C1CCCN1)C2. The van der Waals surface area contributed by atoms with E-state index in [9.17, 15) is 0 Å². The van der Waals surface area contributed by atoms with Gasteiger partial charge in [0.2, 0.25) is 0 Å². The largest absolute Gasteiger partial charge is 0.314 e. The zero-order valence-electron chi connectivity index (χ0n) is 13.0. The van der Waals surface area contributed by atoms with Gasteiger partial charge in [0.25, 0.3) is 0 Å². The second kappa shape index (κ2) is 6.10. The van der Waals surface area contributed by atoms with Crippen molar-refractivity contribution in [2.24, 2.45) is 5.92 Å². The van der Waals surface area contributed by atoms with Crippen LogP contribution in [-0.4, -0.2) is 24.7 Å². The van der Waals surface area contributed by atoms with Crippen LogP contribution in [0.1, 0.15) is 49.7 Å². The molecule has 2 N–H and O–H groups in total. The van der Waals surface area contributed by atoms with E-state index in [1.54, 1.807) is 11.1 Å². The molecule has 0 aromatic heterocycles. The maximum absolute atomic E-state index is 4.05. The van der Waals surface area contributed by atoms with Crippen molar-refractivity contribution in [1.82, 2.24) is 10.6 Å². The predicted molar refractivity (Wildman–Crippen MR) is 87.5 cm³/mol. The molecule has 2 nitrogen and oxygen atoms in total. The van der Waals surface area contributed by atoms with Gasteiger partial charge in [-0.15, -0.1) is 0 Å². The van der Waals surface area contributed by atoms with E-state index >= 15 is 0 Å². The average Bonchev–Trinajstić information content (AvgIpc) is 3.18. The van der Waals surface area contributed by atoms with E-state index in [1.807, 2.05) is 0 Å². The fraction of sp³-hybridized carbons (Fsp3) is 0.684. The van der Waals surface area contributed by atoms with Crippen LogP contribution in [0.15, 0.2) is 24.3 Å². The minimum Gasteiger partial charge on any atom is -0.314 e. The van der Waals surface area contributed by atoms with Gasteiger partial charge in [0.1, 0.15) is 0 Å². The van der Waals surface area contributed by atoms with Gasteiger partial charge in [-0.2, -0.15) is 0 Å². The van der Waals surface area contributed by atoms with Gasteiger partial charge in [0.05, 0.1) is 0 Å². The highest BCUT2D eigenvalue weighted by Crippen LogP contribution is 2.33. The highest BCUT2D eigenvalue weighted by atomic mass is 15.0. The van der Waals surface area contributed by atoms with E-state index in [1.165, 1.54) is 57.9 Å². The standard InChI is InChI=1S/C19H28N2/c1-2-6-15-13-16(11-10-14(15)5-1)21-19-8-3-7-17(19)18-9-4-12-20-18/h1-2,5-6,16-21H,3-4,7-13H2. The van der Waals surface area contributed by atoms with Crippen molar-refractivity contribution < 1.29 is 0 Å². The molecule has 1 saturated heterocycles. The molecule has 0 spiro atoms. The lowest BCUT2D eigenvalue weighted by Gasteiger charge is -2.33. The summed E-state index contributed by atoms with van der Waals surface area (Å²) in [6.07, 6.45) is 10.8. The average molecular weight is 284 g/mol. The van der Waals surface area contributed by atoms with E-state index in [-0.39, 0.29) is 0 Å². The quantitative estimate of drug-likeness (QED) is 0.891. The molecule has 0 bridgehead atoms. The number of nitrogens with one attached hydrogen (secondary N) is 2. The zero-order valence-corrected chi connectivity index (χ0v) is 13.0. The van der Waals surface area contributed by atoms with Gasteiger partial charge in [0.15, 0.2) is 0 Å². The molecule has 2 aliphatic carbocycles. The number of benzene rings is 1. The number of hydrogen-bond acceptors (Lipinski definition) is 2. The molecule has 4 rings (SSSR count). The summed E-state index contributed by atoms with van der Waals surface area (Å²) in [5, 5.41) is 7.79. The van der Waals surface area contributed by atoms with Crippen LogP contribution in [0.3, 0.4) is 0 Å². The van der Waals surface area contributed by atoms with E-state index < -0.39 is 0 Å². The Morgan fingerprint density at radius 2 is 1.86 bits per heavy atom. The summed E-state index contributed by atoms with van der Waals surface area (Å²) in [6.45, 7) is 1.24. The van der Waals surface area contributed by atoms with Crippen molar-refractivity contribution in [3.63, 3.8) is 0 Å². The van der Waals surface area contributed by atoms with E-state index in [0.717, 1.165) is 18.0 Å². The van der Waals surface area contributed by atoms with Crippen LogP contribution in [0.2, 0.25) is 0 Å². The summed E-state index contributed by atoms with van der Waals surface area (Å²) >= 11 is 0. The lowest BCUT2D eigenvalue weighted by Crippen LogP contribution is -2.47.